The summed E-state index contributed by atoms with van der Waals surface area (Å²) in [7, 11) is 0. The molecule has 2 aromatic heterocycles. The first-order valence-electron chi connectivity index (χ1n) is 7.84. The zero-order valence-corrected chi connectivity index (χ0v) is 14.0. The number of anilines is 1. The van der Waals surface area contributed by atoms with Gasteiger partial charge in [0.2, 0.25) is 11.9 Å². The van der Waals surface area contributed by atoms with Gasteiger partial charge in [-0.2, -0.15) is 0 Å². The number of aryl methyl sites for hydroxylation is 1. The molecule has 2 heterocycles. The Labute approximate surface area is 131 Å². The Morgan fingerprint density at radius 3 is 2.59 bits per heavy atom. The van der Waals surface area contributed by atoms with Crippen LogP contribution in [0, 0.1) is 12.3 Å². The quantitative estimate of drug-likeness (QED) is 0.941. The Kier molecular flexibility index (Phi) is 3.27. The van der Waals surface area contributed by atoms with Gasteiger partial charge in [-0.3, -0.25) is 14.7 Å². The summed E-state index contributed by atoms with van der Waals surface area (Å²) in [6, 6.07) is 3.93. The van der Waals surface area contributed by atoms with Gasteiger partial charge in [-0.05, 0) is 44.2 Å². The normalized spacial score (nSPS) is 16.8. The van der Waals surface area contributed by atoms with Gasteiger partial charge in [-0.1, -0.05) is 20.8 Å². The smallest absolute Gasteiger partial charge is 0.227 e. The summed E-state index contributed by atoms with van der Waals surface area (Å²) < 4.78 is 2.11. The third kappa shape index (κ3) is 2.85. The lowest BCUT2D eigenvalue weighted by Gasteiger charge is -2.19. The van der Waals surface area contributed by atoms with E-state index >= 15 is 0 Å². The Balaban J connectivity index is 2.00. The third-order valence-electron chi connectivity index (χ3n) is 4.10. The maximum Gasteiger partial charge on any atom is 0.227 e. The van der Waals surface area contributed by atoms with Gasteiger partial charge in [0.05, 0.1) is 0 Å². The van der Waals surface area contributed by atoms with Crippen LogP contribution in [-0.2, 0) is 10.3 Å². The first-order valence-corrected chi connectivity index (χ1v) is 7.84. The van der Waals surface area contributed by atoms with Gasteiger partial charge in [0.1, 0.15) is 5.52 Å². The van der Waals surface area contributed by atoms with E-state index in [0.717, 1.165) is 29.7 Å². The number of nitrogens with one attached hydrogen (secondary N) is 1. The molecule has 0 aromatic carbocycles. The monoisotopic (exact) mass is 300 g/mol. The van der Waals surface area contributed by atoms with E-state index in [9.17, 15) is 4.79 Å². The van der Waals surface area contributed by atoms with Crippen LogP contribution in [-0.4, -0.2) is 20.4 Å². The molecule has 118 valence electrons. The van der Waals surface area contributed by atoms with Crippen LogP contribution in [0.4, 0.5) is 5.95 Å². The Hall–Kier alpha value is -1.91. The number of carbonyl (C=O) groups excluding carboxylic acids is 1. The van der Waals surface area contributed by atoms with Crippen molar-refractivity contribution in [1.82, 2.24) is 14.5 Å². The average molecular weight is 300 g/mol. The highest BCUT2D eigenvalue weighted by Gasteiger charge is 2.42. The van der Waals surface area contributed by atoms with E-state index in [1.165, 1.54) is 0 Å². The van der Waals surface area contributed by atoms with Gasteiger partial charge < -0.3 is 0 Å². The number of nitrogens with zero attached hydrogens (tertiary/aromatic N) is 3. The highest BCUT2D eigenvalue weighted by Crippen LogP contribution is 2.46. The predicted molar refractivity (Wildman–Crippen MR) is 87.8 cm³/mol. The second-order valence-electron chi connectivity index (χ2n) is 7.85. The molecule has 1 saturated carbocycles. The molecule has 0 bridgehead atoms. The maximum absolute atomic E-state index is 12.3. The van der Waals surface area contributed by atoms with E-state index in [2.05, 4.69) is 47.5 Å². The summed E-state index contributed by atoms with van der Waals surface area (Å²) in [5, 5.41) is 3.00. The number of rotatable bonds is 3. The van der Waals surface area contributed by atoms with Crippen LogP contribution in [0.3, 0.4) is 0 Å². The molecule has 1 N–H and O–H groups in total. The summed E-state index contributed by atoms with van der Waals surface area (Å²) in [5.41, 5.74) is 2.65. The minimum Gasteiger partial charge on any atom is -0.296 e. The molecule has 5 heteroatoms. The lowest BCUT2D eigenvalue weighted by atomic mass is 9.92. The van der Waals surface area contributed by atoms with Crippen LogP contribution < -0.4 is 5.32 Å². The predicted octanol–water partition coefficient (Wildman–Crippen LogP) is 3.62. The maximum atomic E-state index is 12.3. The van der Waals surface area contributed by atoms with Gasteiger partial charge in [-0.25, -0.2) is 9.97 Å². The van der Waals surface area contributed by atoms with Gasteiger partial charge in [0, 0.05) is 17.7 Å². The van der Waals surface area contributed by atoms with Gasteiger partial charge >= 0.3 is 0 Å². The summed E-state index contributed by atoms with van der Waals surface area (Å²) in [6.45, 7) is 10.3. The van der Waals surface area contributed by atoms with Crippen LogP contribution in [0.1, 0.15) is 52.7 Å². The molecule has 22 heavy (non-hydrogen) atoms. The fourth-order valence-electron chi connectivity index (χ4n) is 2.70. The molecule has 0 saturated heterocycles. The van der Waals surface area contributed by atoms with Crippen LogP contribution in [0.2, 0.25) is 0 Å². The topological polar surface area (TPSA) is 59.8 Å². The second kappa shape index (κ2) is 4.80. The van der Waals surface area contributed by atoms with Crippen LogP contribution >= 0.6 is 0 Å². The van der Waals surface area contributed by atoms with Crippen molar-refractivity contribution in [2.75, 3.05) is 5.32 Å². The zero-order valence-electron chi connectivity index (χ0n) is 14.0. The van der Waals surface area contributed by atoms with Gasteiger partial charge in [0.25, 0.3) is 0 Å². The molecule has 1 amide bonds. The first-order chi connectivity index (χ1) is 10.2. The molecule has 0 radical (unpaired) electrons. The summed E-state index contributed by atoms with van der Waals surface area (Å²) in [5.74, 6) is 0.632. The molecule has 5 nitrogen and oxygen atoms in total. The van der Waals surface area contributed by atoms with Gasteiger partial charge in [-0.15, -0.1) is 0 Å². The van der Waals surface area contributed by atoms with E-state index in [4.69, 9.17) is 0 Å². The first kappa shape index (κ1) is 15.0. The standard InChI is InChI=1S/C17H24N4O/c1-11-6-7-12-14(18-11)21(17(5)8-9-17)15(19-12)20-13(22)10-16(2,3)4/h6-7H,8-10H2,1-5H3,(H,19,20,22). The lowest BCUT2D eigenvalue weighted by Crippen LogP contribution is -2.24. The van der Waals surface area contributed by atoms with E-state index in [1.807, 2.05) is 19.1 Å². The minimum atomic E-state index is -0.0424. The Bertz CT molecular complexity index is 735. The second-order valence-corrected chi connectivity index (χ2v) is 7.85. The third-order valence-corrected chi connectivity index (χ3v) is 4.10. The minimum absolute atomic E-state index is 0.00466. The van der Waals surface area contributed by atoms with E-state index in [0.29, 0.717) is 12.4 Å². The number of hydrogen-bond donors (Lipinski definition) is 1. The van der Waals surface area contributed by atoms with Crippen LogP contribution in [0.5, 0.6) is 0 Å². The molecule has 0 aliphatic heterocycles. The molecule has 1 aliphatic rings. The highest BCUT2D eigenvalue weighted by molar-refractivity contribution is 5.91. The number of pyridine rings is 1. The zero-order chi connectivity index (χ0) is 16.1. The molecule has 0 spiro atoms. The number of carbonyl (C=O) groups is 1. The van der Waals surface area contributed by atoms with Gasteiger partial charge in [0.15, 0.2) is 5.65 Å². The van der Waals surface area contributed by atoms with Crippen molar-refractivity contribution in [1.29, 1.82) is 0 Å². The number of fused-ring (bicyclic) bond motifs is 1. The fraction of sp³-hybridized carbons (Fsp3) is 0.588. The van der Waals surface area contributed by atoms with Crippen molar-refractivity contribution >= 4 is 23.0 Å². The molecule has 0 atom stereocenters. The van der Waals surface area contributed by atoms with Crippen molar-refractivity contribution in [3.63, 3.8) is 0 Å². The summed E-state index contributed by atoms with van der Waals surface area (Å²) >= 11 is 0. The molecule has 0 unspecified atom stereocenters. The summed E-state index contributed by atoms with van der Waals surface area (Å²) in [6.07, 6.45) is 2.66. The van der Waals surface area contributed by atoms with Crippen molar-refractivity contribution in [2.24, 2.45) is 5.41 Å². The Morgan fingerprint density at radius 2 is 2.00 bits per heavy atom. The molecular weight excluding hydrogens is 276 g/mol. The average Bonchev–Trinajstić information content (AvgIpc) is 2.98. The number of hydrogen-bond acceptors (Lipinski definition) is 3. The molecule has 3 rings (SSSR count). The van der Waals surface area contributed by atoms with Crippen molar-refractivity contribution in [3.8, 4) is 0 Å². The van der Waals surface area contributed by atoms with Crippen molar-refractivity contribution in [3.05, 3.63) is 17.8 Å². The van der Waals surface area contributed by atoms with Crippen molar-refractivity contribution in [2.45, 2.75) is 59.4 Å². The molecule has 1 fully saturated rings. The van der Waals surface area contributed by atoms with Crippen LogP contribution in [0.25, 0.3) is 11.2 Å². The largest absolute Gasteiger partial charge is 0.296 e. The fourth-order valence-corrected chi connectivity index (χ4v) is 2.70. The molecular formula is C17H24N4O. The van der Waals surface area contributed by atoms with Crippen molar-refractivity contribution < 1.29 is 4.79 Å². The number of imidazole rings is 1. The van der Waals surface area contributed by atoms with E-state index < -0.39 is 0 Å². The SMILES string of the molecule is Cc1ccc2nc(NC(=O)CC(C)(C)C)n(C3(C)CC3)c2n1. The van der Waals surface area contributed by atoms with Crippen LogP contribution in [0.15, 0.2) is 12.1 Å². The highest BCUT2D eigenvalue weighted by atomic mass is 16.1. The lowest BCUT2D eigenvalue weighted by molar-refractivity contribution is -0.117. The van der Waals surface area contributed by atoms with E-state index in [1.54, 1.807) is 0 Å². The number of aromatic nitrogens is 3. The molecule has 2 aromatic rings. The molecule has 1 aliphatic carbocycles. The summed E-state index contributed by atoms with van der Waals surface area (Å²) in [4.78, 5) is 21.5. The Morgan fingerprint density at radius 1 is 1.32 bits per heavy atom. The van der Waals surface area contributed by atoms with E-state index in [-0.39, 0.29) is 16.9 Å². The number of amides is 1.